The van der Waals surface area contributed by atoms with Crippen LogP contribution < -0.4 is 5.32 Å². The second kappa shape index (κ2) is 5.92. The van der Waals surface area contributed by atoms with Gasteiger partial charge in [-0.25, -0.2) is 27.3 Å². The van der Waals surface area contributed by atoms with Gasteiger partial charge in [-0.3, -0.25) is 4.79 Å². The highest BCUT2D eigenvalue weighted by Gasteiger charge is 2.23. The summed E-state index contributed by atoms with van der Waals surface area (Å²) in [5.41, 5.74) is 1.03. The number of carbonyl (C=O) groups excluding carboxylic acids is 1. The monoisotopic (exact) mass is 357 g/mol. The van der Waals surface area contributed by atoms with E-state index in [0.717, 1.165) is 16.8 Å². The maximum Gasteiger partial charge on any atom is 0.269 e. The van der Waals surface area contributed by atoms with E-state index in [1.54, 1.807) is 0 Å². The molecule has 1 saturated carbocycles. The number of hydrogen-bond acceptors (Lipinski definition) is 6. The summed E-state index contributed by atoms with van der Waals surface area (Å²) in [6.07, 6.45) is 6.21. The van der Waals surface area contributed by atoms with E-state index in [0.29, 0.717) is 29.2 Å². The first-order valence-electron chi connectivity index (χ1n) is 7.82. The Morgan fingerprint density at radius 2 is 1.96 bits per heavy atom. The molecule has 1 N–H and O–H groups in total. The smallest absolute Gasteiger partial charge is 0.269 e. The fourth-order valence-corrected chi connectivity index (χ4v) is 3.75. The SMILES string of the molecule is O=C(NCC1CC1)c1ccc(S(=O)(=O)n2cnc3ncncc32)cc1. The zero-order valence-electron chi connectivity index (χ0n) is 13.2. The van der Waals surface area contributed by atoms with Crippen molar-refractivity contribution in [1.29, 1.82) is 0 Å². The van der Waals surface area contributed by atoms with Gasteiger partial charge in [0.05, 0.1) is 11.1 Å². The standard InChI is InChI=1S/C16H15N5O3S/c22-16(18-7-11-1-2-11)12-3-5-13(6-4-12)25(23,24)21-10-20-15-14(21)8-17-9-19-15/h3-6,8-11H,1-2,7H2,(H,18,22). The Hall–Kier alpha value is -2.81. The molecule has 1 aliphatic rings. The van der Waals surface area contributed by atoms with Crippen LogP contribution in [-0.4, -0.2) is 39.8 Å². The van der Waals surface area contributed by atoms with E-state index in [2.05, 4.69) is 20.3 Å². The number of amides is 1. The van der Waals surface area contributed by atoms with Crippen LogP contribution in [0.2, 0.25) is 0 Å². The van der Waals surface area contributed by atoms with E-state index < -0.39 is 10.0 Å². The van der Waals surface area contributed by atoms with Crippen molar-refractivity contribution in [3.63, 3.8) is 0 Å². The predicted molar refractivity (Wildman–Crippen MR) is 89.4 cm³/mol. The van der Waals surface area contributed by atoms with Gasteiger partial charge < -0.3 is 5.32 Å². The van der Waals surface area contributed by atoms with E-state index in [4.69, 9.17) is 0 Å². The Morgan fingerprint density at radius 3 is 2.68 bits per heavy atom. The van der Waals surface area contributed by atoms with Gasteiger partial charge in [-0.1, -0.05) is 0 Å². The lowest BCUT2D eigenvalue weighted by Gasteiger charge is -2.08. The van der Waals surface area contributed by atoms with Crippen LogP contribution in [0, 0.1) is 5.92 Å². The molecule has 3 aromatic rings. The normalized spacial score (nSPS) is 14.6. The van der Waals surface area contributed by atoms with Crippen molar-refractivity contribution in [2.45, 2.75) is 17.7 Å². The fourth-order valence-electron chi connectivity index (χ4n) is 2.48. The van der Waals surface area contributed by atoms with Crippen LogP contribution in [0.5, 0.6) is 0 Å². The van der Waals surface area contributed by atoms with Crippen LogP contribution in [-0.2, 0) is 10.0 Å². The van der Waals surface area contributed by atoms with E-state index >= 15 is 0 Å². The minimum atomic E-state index is -3.84. The number of imidazole rings is 1. The van der Waals surface area contributed by atoms with Gasteiger partial charge in [0.15, 0.2) is 5.65 Å². The van der Waals surface area contributed by atoms with Gasteiger partial charge in [0, 0.05) is 12.1 Å². The quantitative estimate of drug-likeness (QED) is 0.735. The maximum absolute atomic E-state index is 12.8. The molecule has 25 heavy (non-hydrogen) atoms. The summed E-state index contributed by atoms with van der Waals surface area (Å²) in [6.45, 7) is 0.667. The van der Waals surface area contributed by atoms with Crippen LogP contribution in [0.25, 0.3) is 11.2 Å². The van der Waals surface area contributed by atoms with Gasteiger partial charge in [0.25, 0.3) is 15.9 Å². The minimum Gasteiger partial charge on any atom is -0.352 e. The second-order valence-electron chi connectivity index (χ2n) is 5.95. The molecule has 0 bridgehead atoms. The third kappa shape index (κ3) is 2.98. The summed E-state index contributed by atoms with van der Waals surface area (Å²) < 4.78 is 26.6. The molecule has 1 amide bonds. The summed E-state index contributed by atoms with van der Waals surface area (Å²) in [5, 5.41) is 2.85. The van der Waals surface area contributed by atoms with Crippen LogP contribution in [0.1, 0.15) is 23.2 Å². The third-order valence-electron chi connectivity index (χ3n) is 4.12. The summed E-state index contributed by atoms with van der Waals surface area (Å²) in [4.78, 5) is 23.9. The van der Waals surface area contributed by atoms with E-state index in [-0.39, 0.29) is 10.8 Å². The Kier molecular flexibility index (Phi) is 3.72. The molecule has 0 spiro atoms. The molecule has 0 atom stereocenters. The predicted octanol–water partition coefficient (Wildman–Crippen LogP) is 1.20. The maximum atomic E-state index is 12.8. The van der Waals surface area contributed by atoms with Crippen LogP contribution in [0.4, 0.5) is 0 Å². The summed E-state index contributed by atoms with van der Waals surface area (Å²) >= 11 is 0. The van der Waals surface area contributed by atoms with Gasteiger partial charge in [-0.05, 0) is 43.0 Å². The summed E-state index contributed by atoms with van der Waals surface area (Å²) in [6, 6.07) is 5.84. The molecule has 0 aliphatic heterocycles. The molecule has 9 heteroatoms. The average Bonchev–Trinajstić information content (AvgIpc) is 3.36. The molecular weight excluding hydrogens is 342 g/mol. The van der Waals surface area contributed by atoms with Crippen LogP contribution in [0.3, 0.4) is 0 Å². The molecule has 2 aromatic heterocycles. The van der Waals surface area contributed by atoms with Crippen molar-refractivity contribution in [3.8, 4) is 0 Å². The van der Waals surface area contributed by atoms with Gasteiger partial charge in [-0.15, -0.1) is 0 Å². The number of rotatable bonds is 5. The molecule has 0 radical (unpaired) electrons. The van der Waals surface area contributed by atoms with Gasteiger partial charge >= 0.3 is 0 Å². The van der Waals surface area contributed by atoms with E-state index in [1.807, 2.05) is 0 Å². The number of nitrogens with zero attached hydrogens (tertiary/aromatic N) is 4. The number of hydrogen-bond donors (Lipinski definition) is 1. The Labute approximate surface area is 144 Å². The third-order valence-corrected chi connectivity index (χ3v) is 5.79. The first-order valence-corrected chi connectivity index (χ1v) is 9.26. The van der Waals surface area contributed by atoms with Crippen molar-refractivity contribution in [2.24, 2.45) is 5.92 Å². The molecule has 0 saturated heterocycles. The molecule has 4 rings (SSSR count). The van der Waals surface area contributed by atoms with Gasteiger partial charge in [-0.2, -0.15) is 0 Å². The van der Waals surface area contributed by atoms with Gasteiger partial charge in [0.1, 0.15) is 18.2 Å². The molecule has 128 valence electrons. The van der Waals surface area contributed by atoms with Gasteiger partial charge in [0.2, 0.25) is 0 Å². The second-order valence-corrected chi connectivity index (χ2v) is 7.77. The number of fused-ring (bicyclic) bond motifs is 1. The Balaban J connectivity index is 1.61. The highest BCUT2D eigenvalue weighted by atomic mass is 32.2. The lowest BCUT2D eigenvalue weighted by atomic mass is 10.2. The molecule has 2 heterocycles. The molecule has 8 nitrogen and oxygen atoms in total. The van der Waals surface area contributed by atoms with Crippen molar-refractivity contribution in [1.82, 2.24) is 24.2 Å². The average molecular weight is 357 g/mol. The number of benzene rings is 1. The van der Waals surface area contributed by atoms with Crippen molar-refractivity contribution < 1.29 is 13.2 Å². The first-order chi connectivity index (χ1) is 12.1. The lowest BCUT2D eigenvalue weighted by Crippen LogP contribution is -2.25. The largest absolute Gasteiger partial charge is 0.352 e. The number of nitrogens with one attached hydrogen (secondary N) is 1. The summed E-state index contributed by atoms with van der Waals surface area (Å²) in [7, 11) is -3.84. The van der Waals surface area contributed by atoms with Crippen LogP contribution >= 0.6 is 0 Å². The summed E-state index contributed by atoms with van der Waals surface area (Å²) in [5.74, 6) is 0.387. The molecular formula is C16H15N5O3S. The fraction of sp³-hybridized carbons (Fsp3) is 0.250. The molecule has 1 aliphatic carbocycles. The number of carbonyl (C=O) groups is 1. The lowest BCUT2D eigenvalue weighted by molar-refractivity contribution is 0.0951. The highest BCUT2D eigenvalue weighted by molar-refractivity contribution is 7.90. The molecule has 1 aromatic carbocycles. The molecule has 0 unspecified atom stereocenters. The Bertz CT molecular complexity index is 1040. The highest BCUT2D eigenvalue weighted by Crippen LogP contribution is 2.27. The van der Waals surface area contributed by atoms with Crippen molar-refractivity contribution >= 4 is 27.1 Å². The first kappa shape index (κ1) is 15.7. The number of aromatic nitrogens is 4. The van der Waals surface area contributed by atoms with E-state index in [1.165, 1.54) is 43.1 Å². The Morgan fingerprint density at radius 1 is 1.20 bits per heavy atom. The topological polar surface area (TPSA) is 107 Å². The van der Waals surface area contributed by atoms with E-state index in [9.17, 15) is 13.2 Å². The molecule has 1 fully saturated rings. The van der Waals surface area contributed by atoms with Crippen molar-refractivity contribution in [3.05, 3.63) is 48.7 Å². The zero-order chi connectivity index (χ0) is 17.4. The van der Waals surface area contributed by atoms with Crippen LogP contribution in [0.15, 0.2) is 48.0 Å². The minimum absolute atomic E-state index is 0.0643. The van der Waals surface area contributed by atoms with Crippen molar-refractivity contribution in [2.75, 3.05) is 6.54 Å². The zero-order valence-corrected chi connectivity index (χ0v) is 14.0.